The number of rotatable bonds is 4. The van der Waals surface area contributed by atoms with Crippen LogP contribution >= 0.6 is 0 Å². The zero-order valence-electron chi connectivity index (χ0n) is 17.5. The summed E-state index contributed by atoms with van der Waals surface area (Å²) in [4.78, 5) is 16.0. The van der Waals surface area contributed by atoms with Crippen molar-refractivity contribution in [1.29, 1.82) is 0 Å². The van der Waals surface area contributed by atoms with Crippen LogP contribution in [0, 0.1) is 0 Å². The normalized spacial score (nSPS) is 13.8. The number of anilines is 1. The Hall–Kier alpha value is -3.47. The molecule has 0 aliphatic carbocycles. The predicted molar refractivity (Wildman–Crippen MR) is 119 cm³/mol. The largest absolute Gasteiger partial charge is 0.486 e. The molecule has 1 amide bonds. The molecule has 2 N–H and O–H groups in total. The molecule has 0 fully saturated rings. The highest BCUT2D eigenvalue weighted by molar-refractivity contribution is 6.06. The number of nitrogens with one attached hydrogen (secondary N) is 2. The summed E-state index contributed by atoms with van der Waals surface area (Å²) in [5.41, 5.74) is 4.67. The minimum absolute atomic E-state index is 0.0739. The first kappa shape index (κ1) is 19.8. The first-order valence-electron chi connectivity index (χ1n) is 10.1. The van der Waals surface area contributed by atoms with Crippen LogP contribution in [0.5, 0.6) is 11.5 Å². The molecule has 4 rings (SSSR count). The quantitative estimate of drug-likeness (QED) is 0.593. The number of benzene rings is 2. The Balaban J connectivity index is 1.60. The van der Waals surface area contributed by atoms with Crippen molar-refractivity contribution in [2.45, 2.75) is 26.2 Å². The first-order valence-corrected chi connectivity index (χ1v) is 10.1. The molecule has 0 saturated heterocycles. The van der Waals surface area contributed by atoms with E-state index in [2.05, 4.69) is 55.3 Å². The minimum Gasteiger partial charge on any atom is -0.486 e. The molecule has 1 aliphatic heterocycles. The summed E-state index contributed by atoms with van der Waals surface area (Å²) < 4.78 is 11.1. The van der Waals surface area contributed by atoms with Crippen molar-refractivity contribution in [3.05, 3.63) is 83.7 Å². The van der Waals surface area contributed by atoms with Crippen LogP contribution in [0.3, 0.4) is 0 Å². The van der Waals surface area contributed by atoms with Gasteiger partial charge in [0.1, 0.15) is 13.2 Å². The summed E-state index contributed by atoms with van der Waals surface area (Å²) in [6, 6.07) is 17.6. The lowest BCUT2D eigenvalue weighted by molar-refractivity contribution is -0.111. The van der Waals surface area contributed by atoms with E-state index in [-0.39, 0.29) is 11.3 Å². The Kier molecular flexibility index (Phi) is 5.36. The summed E-state index contributed by atoms with van der Waals surface area (Å²) in [6.07, 6.45) is 3.47. The van der Waals surface area contributed by atoms with Gasteiger partial charge in [-0.3, -0.25) is 4.79 Å². The second-order valence-corrected chi connectivity index (χ2v) is 8.32. The highest BCUT2D eigenvalue weighted by Gasteiger charge is 2.16. The predicted octanol–water partition coefficient (Wildman–Crippen LogP) is 5.15. The molecule has 0 bridgehead atoms. The van der Waals surface area contributed by atoms with Gasteiger partial charge in [-0.2, -0.15) is 0 Å². The highest BCUT2D eigenvalue weighted by atomic mass is 16.6. The fraction of sp³-hybridized carbons (Fsp3) is 0.240. The molecule has 5 heteroatoms. The molecule has 5 nitrogen and oxygen atoms in total. The molecule has 0 saturated carbocycles. The molecule has 2 heterocycles. The molecule has 2 aromatic carbocycles. The number of fused-ring (bicyclic) bond motifs is 1. The number of ether oxygens (including phenoxy) is 2. The maximum absolute atomic E-state index is 12.8. The van der Waals surface area contributed by atoms with Gasteiger partial charge in [0.2, 0.25) is 5.91 Å². The minimum atomic E-state index is -0.212. The van der Waals surface area contributed by atoms with Crippen molar-refractivity contribution in [3.63, 3.8) is 0 Å². The molecule has 1 aromatic heterocycles. The fourth-order valence-electron chi connectivity index (χ4n) is 3.39. The van der Waals surface area contributed by atoms with Crippen LogP contribution in [-0.2, 0) is 10.2 Å². The van der Waals surface area contributed by atoms with E-state index in [9.17, 15) is 4.79 Å². The summed E-state index contributed by atoms with van der Waals surface area (Å²) in [6.45, 7) is 7.60. The van der Waals surface area contributed by atoms with Crippen LogP contribution in [0.1, 0.15) is 37.6 Å². The average molecular weight is 402 g/mol. The van der Waals surface area contributed by atoms with Gasteiger partial charge in [0.05, 0.1) is 0 Å². The lowest BCUT2D eigenvalue weighted by Crippen LogP contribution is -2.16. The Morgan fingerprint density at radius 3 is 2.40 bits per heavy atom. The van der Waals surface area contributed by atoms with Gasteiger partial charge in [0.25, 0.3) is 0 Å². The lowest BCUT2D eigenvalue weighted by atomic mass is 9.86. The number of carbonyl (C=O) groups excluding carboxylic acids is 1. The molecule has 154 valence electrons. The van der Waals surface area contributed by atoms with E-state index in [4.69, 9.17) is 9.47 Å². The van der Waals surface area contributed by atoms with Gasteiger partial charge in [0.15, 0.2) is 11.5 Å². The van der Waals surface area contributed by atoms with Crippen LogP contribution < -0.4 is 14.8 Å². The Bertz CT molecular complexity index is 1060. The van der Waals surface area contributed by atoms with E-state index in [0.717, 1.165) is 16.8 Å². The van der Waals surface area contributed by atoms with Crippen molar-refractivity contribution in [2.24, 2.45) is 0 Å². The third-order valence-electron chi connectivity index (χ3n) is 5.04. The third kappa shape index (κ3) is 4.40. The highest BCUT2D eigenvalue weighted by Crippen LogP contribution is 2.33. The van der Waals surface area contributed by atoms with Crippen LogP contribution in [0.25, 0.3) is 5.57 Å². The Labute approximate surface area is 176 Å². The number of hydrogen-bond acceptors (Lipinski definition) is 3. The summed E-state index contributed by atoms with van der Waals surface area (Å²) in [5.74, 6) is 1.13. The van der Waals surface area contributed by atoms with Crippen molar-refractivity contribution in [1.82, 2.24) is 4.98 Å². The maximum Gasteiger partial charge on any atom is 0.249 e. The van der Waals surface area contributed by atoms with Gasteiger partial charge in [-0.1, -0.05) is 45.0 Å². The molecule has 0 unspecified atom stereocenters. The summed E-state index contributed by atoms with van der Waals surface area (Å²) in [7, 11) is 0. The Morgan fingerprint density at radius 2 is 1.73 bits per heavy atom. The molecule has 0 atom stereocenters. The lowest BCUT2D eigenvalue weighted by Gasteiger charge is -2.19. The molecule has 1 aliphatic rings. The SMILES string of the molecule is CC(C)(C)c1ccc(C(=CC(=O)Nc2ccc3c(c2)OCCO3)c2ccc[nH]2)cc1. The molecule has 3 aromatic rings. The van der Waals surface area contributed by atoms with Crippen LogP contribution in [-0.4, -0.2) is 24.1 Å². The van der Waals surface area contributed by atoms with Crippen LogP contribution in [0.4, 0.5) is 5.69 Å². The smallest absolute Gasteiger partial charge is 0.249 e. The third-order valence-corrected chi connectivity index (χ3v) is 5.04. The van der Waals surface area contributed by atoms with E-state index in [1.54, 1.807) is 12.1 Å². The van der Waals surface area contributed by atoms with E-state index < -0.39 is 0 Å². The standard InChI is InChI=1S/C25H26N2O3/c1-25(2,3)18-8-6-17(7-9-18)20(21-5-4-12-26-21)16-24(28)27-19-10-11-22-23(15-19)30-14-13-29-22/h4-12,15-16,26H,13-14H2,1-3H3,(H,27,28). The van der Waals surface area contributed by atoms with Gasteiger partial charge in [-0.15, -0.1) is 0 Å². The molecular weight excluding hydrogens is 376 g/mol. The summed E-state index contributed by atoms with van der Waals surface area (Å²) in [5, 5.41) is 2.93. The van der Waals surface area contributed by atoms with E-state index in [1.165, 1.54) is 5.56 Å². The van der Waals surface area contributed by atoms with Crippen molar-refractivity contribution in [3.8, 4) is 11.5 Å². The van der Waals surface area contributed by atoms with Crippen molar-refractivity contribution in [2.75, 3.05) is 18.5 Å². The molecule has 0 radical (unpaired) electrons. The molecular formula is C25H26N2O3. The van der Waals surface area contributed by atoms with Crippen LogP contribution in [0.2, 0.25) is 0 Å². The second kappa shape index (κ2) is 8.11. The van der Waals surface area contributed by atoms with E-state index in [0.29, 0.717) is 30.4 Å². The van der Waals surface area contributed by atoms with E-state index in [1.807, 2.05) is 30.5 Å². The van der Waals surface area contributed by atoms with Gasteiger partial charge in [-0.05, 0) is 40.8 Å². The monoisotopic (exact) mass is 402 g/mol. The number of amides is 1. The van der Waals surface area contributed by atoms with Gasteiger partial charge >= 0.3 is 0 Å². The van der Waals surface area contributed by atoms with Crippen molar-refractivity contribution >= 4 is 17.2 Å². The van der Waals surface area contributed by atoms with Crippen LogP contribution in [0.15, 0.2) is 66.9 Å². The Morgan fingerprint density at radius 1 is 1.00 bits per heavy atom. The molecule has 0 spiro atoms. The second-order valence-electron chi connectivity index (χ2n) is 8.32. The number of carbonyl (C=O) groups is 1. The van der Waals surface area contributed by atoms with Gasteiger partial charge < -0.3 is 19.8 Å². The van der Waals surface area contributed by atoms with Crippen molar-refractivity contribution < 1.29 is 14.3 Å². The average Bonchev–Trinajstić information content (AvgIpc) is 3.26. The molecule has 30 heavy (non-hydrogen) atoms. The van der Waals surface area contributed by atoms with E-state index >= 15 is 0 Å². The first-order chi connectivity index (χ1) is 14.4. The maximum atomic E-state index is 12.8. The fourth-order valence-corrected chi connectivity index (χ4v) is 3.39. The zero-order chi connectivity index (χ0) is 21.1. The van der Waals surface area contributed by atoms with Gasteiger partial charge in [-0.25, -0.2) is 0 Å². The number of aromatic amines is 1. The topological polar surface area (TPSA) is 63.4 Å². The zero-order valence-corrected chi connectivity index (χ0v) is 17.5. The number of H-pyrrole nitrogens is 1. The van der Waals surface area contributed by atoms with Gasteiger partial charge in [0, 0.05) is 35.3 Å². The number of hydrogen-bond donors (Lipinski definition) is 2. The summed E-state index contributed by atoms with van der Waals surface area (Å²) >= 11 is 0. The number of aromatic nitrogens is 1.